The Kier molecular flexibility index (Phi) is 3.86. The van der Waals surface area contributed by atoms with Gasteiger partial charge in [-0.2, -0.15) is 5.10 Å². The molecule has 4 N–H and O–H groups in total. The Morgan fingerprint density at radius 3 is 3.21 bits per heavy atom. The van der Waals surface area contributed by atoms with Gasteiger partial charge in [0.05, 0.1) is 6.20 Å². The second kappa shape index (κ2) is 6.16. The highest BCUT2D eigenvalue weighted by Crippen LogP contribution is 2.24. The number of hydrogen-bond donors (Lipinski definition) is 3. The van der Waals surface area contributed by atoms with Gasteiger partial charge in [-0.1, -0.05) is 18.2 Å². The number of primary amides is 1. The number of rotatable bonds is 4. The number of carbonyl (C=O) groups excluding carboxylic acids is 1. The summed E-state index contributed by atoms with van der Waals surface area (Å²) in [6, 6.07) is 8.51. The standard InChI is InChI=1S/C17H21N5O2/c18-16(23)14-8-21-22-9-11(7-20-17(14)22)6-19-13-5-12-3-1-2-4-15(12)24-10-13/h1-4,8,11,13,19-20H,5-7,9-10H2,(H2,18,23)/t11-,13-/m1/s1. The Morgan fingerprint density at radius 1 is 1.46 bits per heavy atom. The summed E-state index contributed by atoms with van der Waals surface area (Å²) in [7, 11) is 0. The quantitative estimate of drug-likeness (QED) is 0.765. The molecule has 2 aromatic rings. The van der Waals surface area contributed by atoms with E-state index in [0.29, 0.717) is 24.1 Å². The van der Waals surface area contributed by atoms with Crippen LogP contribution in [0.15, 0.2) is 30.5 Å². The monoisotopic (exact) mass is 327 g/mol. The number of fused-ring (bicyclic) bond motifs is 2. The predicted octanol–water partition coefficient (Wildman–Crippen LogP) is 0.617. The molecule has 2 aliphatic heterocycles. The minimum absolute atomic E-state index is 0.320. The molecule has 2 atom stereocenters. The minimum Gasteiger partial charge on any atom is -0.492 e. The van der Waals surface area contributed by atoms with Crippen molar-refractivity contribution in [3.05, 3.63) is 41.6 Å². The number of amides is 1. The molecule has 0 radical (unpaired) electrons. The Balaban J connectivity index is 1.34. The summed E-state index contributed by atoms with van der Waals surface area (Å²) in [6.45, 7) is 3.13. The first-order valence-electron chi connectivity index (χ1n) is 8.24. The maximum absolute atomic E-state index is 11.4. The largest absolute Gasteiger partial charge is 0.492 e. The molecule has 24 heavy (non-hydrogen) atoms. The van der Waals surface area contributed by atoms with Gasteiger partial charge in [0.25, 0.3) is 5.91 Å². The summed E-state index contributed by atoms with van der Waals surface area (Å²) in [6.07, 6.45) is 2.52. The number of hydrogen-bond acceptors (Lipinski definition) is 5. The lowest BCUT2D eigenvalue weighted by atomic mass is 10.0. The van der Waals surface area contributed by atoms with Crippen LogP contribution in [0.2, 0.25) is 0 Å². The SMILES string of the molecule is NC(=O)c1cnn2c1NC[C@@H](CN[C@H]1COc3ccccc3C1)C2. The summed E-state index contributed by atoms with van der Waals surface area (Å²) in [5.41, 5.74) is 7.06. The topological polar surface area (TPSA) is 94.2 Å². The normalized spacial score (nSPS) is 22.0. The van der Waals surface area contributed by atoms with E-state index >= 15 is 0 Å². The Labute approximate surface area is 140 Å². The second-order valence-corrected chi connectivity index (χ2v) is 6.43. The van der Waals surface area contributed by atoms with Gasteiger partial charge in [0.1, 0.15) is 23.7 Å². The van der Waals surface area contributed by atoms with Crippen molar-refractivity contribution in [3.8, 4) is 5.75 Å². The van der Waals surface area contributed by atoms with Crippen molar-refractivity contribution in [2.45, 2.75) is 19.0 Å². The van der Waals surface area contributed by atoms with Gasteiger partial charge in [0.15, 0.2) is 0 Å². The molecule has 1 amide bonds. The smallest absolute Gasteiger partial charge is 0.254 e. The number of nitrogens with zero attached hydrogens (tertiary/aromatic N) is 2. The van der Waals surface area contributed by atoms with E-state index in [1.54, 1.807) is 0 Å². The lowest BCUT2D eigenvalue weighted by molar-refractivity contribution is 0.100. The molecule has 0 saturated carbocycles. The lowest BCUT2D eigenvalue weighted by Gasteiger charge is -2.30. The molecule has 4 rings (SSSR count). The molecule has 1 aromatic carbocycles. The molecule has 0 saturated heterocycles. The Bertz CT molecular complexity index is 757. The molecular formula is C17H21N5O2. The number of anilines is 1. The van der Waals surface area contributed by atoms with E-state index < -0.39 is 5.91 Å². The van der Waals surface area contributed by atoms with Gasteiger partial charge in [0, 0.05) is 31.6 Å². The van der Waals surface area contributed by atoms with Crippen LogP contribution in [-0.2, 0) is 13.0 Å². The highest BCUT2D eigenvalue weighted by Gasteiger charge is 2.25. The highest BCUT2D eigenvalue weighted by atomic mass is 16.5. The van der Waals surface area contributed by atoms with Gasteiger partial charge < -0.3 is 21.1 Å². The zero-order chi connectivity index (χ0) is 16.5. The number of carbonyl (C=O) groups is 1. The van der Waals surface area contributed by atoms with Crippen LogP contribution in [0.3, 0.4) is 0 Å². The third-order valence-electron chi connectivity index (χ3n) is 4.67. The number of nitrogens with two attached hydrogens (primary N) is 1. The van der Waals surface area contributed by atoms with E-state index in [1.165, 1.54) is 11.8 Å². The van der Waals surface area contributed by atoms with Crippen LogP contribution < -0.4 is 21.1 Å². The number of para-hydroxylation sites is 1. The van der Waals surface area contributed by atoms with Crippen LogP contribution in [0.1, 0.15) is 15.9 Å². The number of ether oxygens (including phenoxy) is 1. The van der Waals surface area contributed by atoms with Gasteiger partial charge in [-0.25, -0.2) is 4.68 Å². The van der Waals surface area contributed by atoms with Gasteiger partial charge in [-0.15, -0.1) is 0 Å². The summed E-state index contributed by atoms with van der Waals surface area (Å²) in [5.74, 6) is 1.68. The van der Waals surface area contributed by atoms with Gasteiger partial charge in [0.2, 0.25) is 0 Å². The molecular weight excluding hydrogens is 306 g/mol. The molecule has 0 spiro atoms. The minimum atomic E-state index is -0.446. The predicted molar refractivity (Wildman–Crippen MR) is 90.2 cm³/mol. The molecule has 7 heteroatoms. The average Bonchev–Trinajstić information content (AvgIpc) is 3.03. The van der Waals surface area contributed by atoms with Crippen LogP contribution in [0.5, 0.6) is 5.75 Å². The van der Waals surface area contributed by atoms with Crippen LogP contribution in [-0.4, -0.2) is 41.4 Å². The summed E-state index contributed by atoms with van der Waals surface area (Å²) < 4.78 is 7.64. The van der Waals surface area contributed by atoms with Crippen LogP contribution in [0, 0.1) is 5.92 Å². The van der Waals surface area contributed by atoms with Crippen molar-refractivity contribution in [2.24, 2.45) is 11.7 Å². The maximum Gasteiger partial charge on any atom is 0.254 e. The first kappa shape index (κ1) is 15.0. The van der Waals surface area contributed by atoms with E-state index in [1.807, 2.05) is 22.9 Å². The van der Waals surface area contributed by atoms with Crippen molar-refractivity contribution in [1.29, 1.82) is 0 Å². The fourth-order valence-corrected chi connectivity index (χ4v) is 3.37. The van der Waals surface area contributed by atoms with E-state index in [4.69, 9.17) is 10.5 Å². The highest BCUT2D eigenvalue weighted by molar-refractivity contribution is 5.97. The van der Waals surface area contributed by atoms with E-state index in [2.05, 4.69) is 21.8 Å². The van der Waals surface area contributed by atoms with Gasteiger partial charge >= 0.3 is 0 Å². The number of benzene rings is 1. The zero-order valence-corrected chi connectivity index (χ0v) is 13.4. The van der Waals surface area contributed by atoms with Crippen LogP contribution in [0.25, 0.3) is 0 Å². The lowest BCUT2D eigenvalue weighted by Crippen LogP contribution is -2.44. The zero-order valence-electron chi connectivity index (χ0n) is 13.4. The fourth-order valence-electron chi connectivity index (χ4n) is 3.37. The molecule has 1 aromatic heterocycles. The van der Waals surface area contributed by atoms with Gasteiger partial charge in [-0.3, -0.25) is 4.79 Å². The van der Waals surface area contributed by atoms with Crippen LogP contribution in [0.4, 0.5) is 5.82 Å². The third kappa shape index (κ3) is 2.82. The van der Waals surface area contributed by atoms with Crippen molar-refractivity contribution < 1.29 is 9.53 Å². The Morgan fingerprint density at radius 2 is 2.33 bits per heavy atom. The van der Waals surface area contributed by atoms with Gasteiger partial charge in [-0.05, 0) is 18.1 Å². The number of nitrogens with one attached hydrogen (secondary N) is 2. The van der Waals surface area contributed by atoms with E-state index in [-0.39, 0.29) is 0 Å². The first-order valence-corrected chi connectivity index (χ1v) is 8.24. The van der Waals surface area contributed by atoms with E-state index in [0.717, 1.165) is 37.6 Å². The summed E-state index contributed by atoms with van der Waals surface area (Å²) >= 11 is 0. The Hall–Kier alpha value is -2.54. The second-order valence-electron chi connectivity index (χ2n) is 6.43. The van der Waals surface area contributed by atoms with Crippen molar-refractivity contribution in [1.82, 2.24) is 15.1 Å². The molecule has 0 aliphatic carbocycles. The van der Waals surface area contributed by atoms with E-state index in [9.17, 15) is 4.79 Å². The number of aromatic nitrogens is 2. The van der Waals surface area contributed by atoms with Crippen molar-refractivity contribution in [3.63, 3.8) is 0 Å². The third-order valence-corrected chi connectivity index (χ3v) is 4.67. The molecule has 126 valence electrons. The maximum atomic E-state index is 11.4. The van der Waals surface area contributed by atoms with Crippen LogP contribution >= 0.6 is 0 Å². The fraction of sp³-hybridized carbons (Fsp3) is 0.412. The molecule has 0 unspecified atom stereocenters. The van der Waals surface area contributed by atoms with Crippen molar-refractivity contribution in [2.75, 3.05) is 25.0 Å². The van der Waals surface area contributed by atoms with Crippen molar-refractivity contribution >= 4 is 11.7 Å². The average molecular weight is 327 g/mol. The molecule has 2 aliphatic rings. The molecule has 0 fully saturated rings. The molecule has 3 heterocycles. The first-order chi connectivity index (χ1) is 11.7. The molecule has 0 bridgehead atoms. The summed E-state index contributed by atoms with van der Waals surface area (Å²) in [5, 5.41) is 11.1. The molecule has 7 nitrogen and oxygen atoms in total. The summed E-state index contributed by atoms with van der Waals surface area (Å²) in [4.78, 5) is 11.4.